The number of rotatable bonds is 13. The number of hydrogen-bond acceptors (Lipinski definition) is 9. The summed E-state index contributed by atoms with van der Waals surface area (Å²) >= 11 is 6.23. The van der Waals surface area contributed by atoms with Crippen LogP contribution in [0.15, 0.2) is 121 Å². The second-order valence-electron chi connectivity index (χ2n) is 17.2. The van der Waals surface area contributed by atoms with Crippen LogP contribution in [0.5, 0.6) is 0 Å². The van der Waals surface area contributed by atoms with Gasteiger partial charge in [0.2, 0.25) is 7.65 Å². The molecule has 334 valence electrons. The monoisotopic (exact) mass is 902 g/mol. The van der Waals surface area contributed by atoms with Gasteiger partial charge < -0.3 is 32.9 Å². The van der Waals surface area contributed by atoms with Crippen molar-refractivity contribution in [3.8, 4) is 0 Å². The molecule has 4 aromatic rings. The predicted molar refractivity (Wildman–Crippen MR) is 249 cm³/mol. The molecule has 62 heavy (non-hydrogen) atoms. The highest BCUT2D eigenvalue weighted by Gasteiger charge is 2.52. The van der Waals surface area contributed by atoms with Crippen molar-refractivity contribution < 1.29 is 32.9 Å². The van der Waals surface area contributed by atoms with Crippen molar-refractivity contribution in [3.05, 3.63) is 144 Å². The average Bonchev–Trinajstić information content (AvgIpc) is 4.20. The Balaban J connectivity index is 0.000000154. The van der Waals surface area contributed by atoms with Crippen LogP contribution in [0.1, 0.15) is 105 Å². The molecule has 4 aromatic carbocycles. The molecule has 6 fully saturated rings. The first kappa shape index (κ1) is 46.2. The molecule has 1 saturated carbocycles. The molecule has 3 unspecified atom stereocenters. The first-order valence-corrected chi connectivity index (χ1v) is 26.2. The van der Waals surface area contributed by atoms with Crippen molar-refractivity contribution in [2.75, 3.05) is 33.4 Å². The molecule has 0 bridgehead atoms. The van der Waals surface area contributed by atoms with Gasteiger partial charge in [0.25, 0.3) is 8.53 Å². The van der Waals surface area contributed by atoms with Gasteiger partial charge in [-0.2, -0.15) is 0 Å². The van der Waals surface area contributed by atoms with E-state index in [9.17, 15) is 5.11 Å². The molecule has 0 radical (unpaired) electrons. The van der Waals surface area contributed by atoms with Gasteiger partial charge >= 0.3 is 0 Å². The molecule has 0 amide bonds. The first-order chi connectivity index (χ1) is 30.5. The van der Waals surface area contributed by atoms with Crippen LogP contribution in [0, 0.1) is 5.92 Å². The molecule has 5 heterocycles. The molecule has 12 heteroatoms. The lowest BCUT2D eigenvalue weighted by Gasteiger charge is -2.29. The topological polar surface area (TPSA) is 82.1 Å². The largest absolute Gasteiger partial charge is 0.388 e. The van der Waals surface area contributed by atoms with Gasteiger partial charge in [-0.25, -0.2) is 9.34 Å². The second-order valence-corrected chi connectivity index (χ2v) is 20.6. The number of hydrogen-bond donors (Lipinski definition) is 1. The molecular formula is C50H65ClN2O7P2. The van der Waals surface area contributed by atoms with E-state index < -0.39 is 16.2 Å². The maximum atomic E-state index is 10.0. The van der Waals surface area contributed by atoms with E-state index in [1.165, 1.54) is 61.6 Å². The van der Waals surface area contributed by atoms with Crippen molar-refractivity contribution in [3.63, 3.8) is 0 Å². The number of fused-ring (bicyclic) bond motifs is 2. The Morgan fingerprint density at radius 2 is 1.24 bits per heavy atom. The molecular weight excluding hydrogens is 838 g/mol. The fourth-order valence-corrected chi connectivity index (χ4v) is 14.2. The molecule has 10 rings (SSSR count). The first-order valence-electron chi connectivity index (χ1n) is 22.9. The summed E-state index contributed by atoms with van der Waals surface area (Å²) in [6, 6.07) is 42.4. The Kier molecular flexibility index (Phi) is 17.3. The fourth-order valence-electron chi connectivity index (χ4n) is 10.00. The summed E-state index contributed by atoms with van der Waals surface area (Å²) in [5.74, 6) is 0.502. The Morgan fingerprint density at radius 3 is 1.85 bits per heavy atom. The van der Waals surface area contributed by atoms with E-state index in [0.717, 1.165) is 37.9 Å². The highest BCUT2D eigenvalue weighted by Crippen LogP contribution is 2.63. The van der Waals surface area contributed by atoms with Gasteiger partial charge in [-0.1, -0.05) is 141 Å². The number of halogens is 1. The number of ether oxygens (including phenoxy) is 3. The summed E-state index contributed by atoms with van der Waals surface area (Å²) in [6.45, 7) is 5.35. The highest BCUT2D eigenvalue weighted by molar-refractivity contribution is 7.78. The Hall–Kier alpha value is -2.33. The van der Waals surface area contributed by atoms with Crippen LogP contribution < -0.4 is 0 Å². The zero-order chi connectivity index (χ0) is 42.7. The summed E-state index contributed by atoms with van der Waals surface area (Å²) < 4.78 is 42.3. The van der Waals surface area contributed by atoms with E-state index in [1.807, 2.05) is 42.5 Å². The molecule has 6 aliphatic rings. The minimum absolute atomic E-state index is 0.0239. The zero-order valence-electron chi connectivity index (χ0n) is 36.3. The molecule has 1 N–H and O–H groups in total. The van der Waals surface area contributed by atoms with Crippen LogP contribution in [0.4, 0.5) is 0 Å². The minimum Gasteiger partial charge on any atom is -0.388 e. The van der Waals surface area contributed by atoms with Gasteiger partial charge in [0, 0.05) is 38.7 Å². The molecule has 0 spiro atoms. The third-order valence-electron chi connectivity index (χ3n) is 13.2. The third-order valence-corrected chi connectivity index (χ3v) is 17.1. The van der Waals surface area contributed by atoms with Crippen molar-refractivity contribution >= 4 is 27.4 Å². The van der Waals surface area contributed by atoms with E-state index in [4.69, 9.17) is 39.0 Å². The van der Waals surface area contributed by atoms with E-state index in [1.54, 1.807) is 7.11 Å². The van der Waals surface area contributed by atoms with E-state index in [2.05, 4.69) is 95.1 Å². The average molecular weight is 903 g/mol. The van der Waals surface area contributed by atoms with Gasteiger partial charge in [-0.15, -0.1) is 0 Å². The standard InChI is InChI=1S/C27H36NO5P.C12H16O.C11H13ClNOP/c1-3-23-27(26(30-18-17-29-2)24(31-23)19-20-11-6-4-7-12-20)33-34-28-16-10-15-22(28)25(32-34)21-13-8-5-9-14-21;13-12(11-8-4-5-9-11)10-6-2-1-3-7-10;12-15-13-8-4-7-10(13)11(14-15)9-5-2-1-3-6-9/h4-9,11-14,22-27H,3,10,15-19H2,1-2H3;1-3,6-7,11-13H,4-5,8-9H2;1-3,5-6,10-11H,4,7-8H2/t22-,23-,24+,25+,26-,27?,34?;12-;10-,11+,15?/m101/s1. The number of methoxy groups -OCH3 is 1. The molecule has 5 saturated heterocycles. The van der Waals surface area contributed by atoms with Crippen molar-refractivity contribution in [2.45, 2.75) is 126 Å². The molecule has 1 aliphatic carbocycles. The SMILES string of the molecule is CC[C@H]1O[C@@H](Cc2ccccc2)[C@@H](OCCOC)C1OP1O[C@@H](c2ccccc2)[C@H]2CCCN21.ClP1O[C@@H](c2ccccc2)[C@H]2CCCN21.O[C@@H](c1ccccc1)C1CCCC1. The van der Waals surface area contributed by atoms with E-state index >= 15 is 0 Å². The smallest absolute Gasteiger partial charge is 0.260 e. The fraction of sp³-hybridized carbons (Fsp3) is 0.520. The lowest BCUT2D eigenvalue weighted by Crippen LogP contribution is -2.38. The van der Waals surface area contributed by atoms with Crippen molar-refractivity contribution in [1.82, 2.24) is 9.34 Å². The van der Waals surface area contributed by atoms with Crippen LogP contribution in [0.25, 0.3) is 0 Å². The quantitative estimate of drug-likeness (QED) is 0.104. The van der Waals surface area contributed by atoms with Gasteiger partial charge in [0.05, 0.1) is 31.5 Å². The minimum atomic E-state index is -1.17. The lowest BCUT2D eigenvalue weighted by molar-refractivity contribution is -0.0479. The number of benzene rings is 4. The van der Waals surface area contributed by atoms with Crippen LogP contribution in [-0.4, -0.2) is 84.4 Å². The molecule has 11 atom stereocenters. The summed E-state index contributed by atoms with van der Waals surface area (Å²) in [5, 5.41) is 10.0. The summed E-state index contributed by atoms with van der Waals surface area (Å²) in [4.78, 5) is 0. The van der Waals surface area contributed by atoms with E-state index in [0.29, 0.717) is 31.2 Å². The van der Waals surface area contributed by atoms with Gasteiger partial charge in [0.15, 0.2) is 0 Å². The number of aliphatic hydroxyl groups excluding tert-OH is 1. The van der Waals surface area contributed by atoms with Crippen LogP contribution in [0.3, 0.4) is 0 Å². The van der Waals surface area contributed by atoms with Crippen molar-refractivity contribution in [2.24, 2.45) is 5.92 Å². The highest BCUT2D eigenvalue weighted by atomic mass is 35.7. The second kappa shape index (κ2) is 23.2. The molecule has 0 aromatic heterocycles. The molecule has 9 nitrogen and oxygen atoms in total. The Labute approximate surface area is 377 Å². The predicted octanol–water partition coefficient (Wildman–Crippen LogP) is 11.9. The van der Waals surface area contributed by atoms with Crippen LogP contribution in [-0.2, 0) is 34.2 Å². The number of aliphatic hydroxyl groups is 1. The van der Waals surface area contributed by atoms with Gasteiger partial charge in [0.1, 0.15) is 24.4 Å². The number of nitrogens with zero attached hydrogens (tertiary/aromatic N) is 2. The summed E-state index contributed by atoms with van der Waals surface area (Å²) in [7, 11) is -0.336. The van der Waals surface area contributed by atoms with Gasteiger partial charge in [-0.05, 0) is 84.4 Å². The zero-order valence-corrected chi connectivity index (χ0v) is 38.8. The maximum Gasteiger partial charge on any atom is 0.260 e. The normalized spacial score (nSPS) is 31.2. The molecule has 5 aliphatic heterocycles. The van der Waals surface area contributed by atoms with Gasteiger partial charge in [-0.3, -0.25) is 0 Å². The third kappa shape index (κ3) is 11.4. The summed E-state index contributed by atoms with van der Waals surface area (Å²) in [6.07, 6.45) is 11.0. The lowest BCUT2D eigenvalue weighted by atomic mass is 9.95. The summed E-state index contributed by atoms with van der Waals surface area (Å²) in [5.41, 5.74) is 4.82. The van der Waals surface area contributed by atoms with Crippen molar-refractivity contribution in [1.29, 1.82) is 0 Å². The van der Waals surface area contributed by atoms with Crippen LogP contribution >= 0.6 is 27.4 Å². The Morgan fingerprint density at radius 1 is 0.677 bits per heavy atom. The van der Waals surface area contributed by atoms with E-state index in [-0.39, 0.29) is 42.7 Å². The maximum absolute atomic E-state index is 10.0. The Bertz CT molecular complexity index is 1890. The van der Waals surface area contributed by atoms with Crippen LogP contribution in [0.2, 0.25) is 0 Å².